The molecule has 0 unspecified atom stereocenters. The summed E-state index contributed by atoms with van der Waals surface area (Å²) in [4.78, 5) is 11.6. The smallest absolute Gasteiger partial charge is 0.306 e. The van der Waals surface area contributed by atoms with Crippen LogP contribution in [0.2, 0.25) is 0 Å². The lowest BCUT2D eigenvalue weighted by Crippen LogP contribution is -2.24. The summed E-state index contributed by atoms with van der Waals surface area (Å²) in [7, 11) is 0. The Labute approximate surface area is 135 Å². The van der Waals surface area contributed by atoms with Crippen molar-refractivity contribution in [3.05, 3.63) is 24.8 Å². The molecule has 0 radical (unpaired) electrons. The van der Waals surface area contributed by atoms with Crippen molar-refractivity contribution < 1.29 is 14.6 Å². The standard InChI is InChI=1S/C13H16I2O3/c1-13(2,3)18-11(16)5-4-8-6-9(14)12(17)10(15)7-8/h6-7,17H,4-5H2,1-3H3. The number of rotatable bonds is 3. The summed E-state index contributed by atoms with van der Waals surface area (Å²) in [6, 6.07) is 3.78. The molecule has 0 saturated heterocycles. The van der Waals surface area contributed by atoms with E-state index in [1.54, 1.807) is 0 Å². The zero-order valence-corrected chi connectivity index (χ0v) is 14.9. The Kier molecular flexibility index (Phi) is 5.69. The fourth-order valence-corrected chi connectivity index (χ4v) is 3.30. The van der Waals surface area contributed by atoms with Gasteiger partial charge in [-0.15, -0.1) is 0 Å². The van der Waals surface area contributed by atoms with Gasteiger partial charge < -0.3 is 9.84 Å². The van der Waals surface area contributed by atoms with Crippen LogP contribution in [0.15, 0.2) is 12.1 Å². The molecule has 0 bridgehead atoms. The van der Waals surface area contributed by atoms with Crippen LogP contribution < -0.4 is 0 Å². The van der Waals surface area contributed by atoms with Crippen LogP contribution in [0, 0.1) is 7.14 Å². The number of halogens is 2. The zero-order valence-electron chi connectivity index (χ0n) is 10.6. The molecule has 5 heteroatoms. The van der Waals surface area contributed by atoms with E-state index in [1.165, 1.54) is 0 Å². The highest BCUT2D eigenvalue weighted by molar-refractivity contribution is 14.1. The lowest BCUT2D eigenvalue weighted by atomic mass is 10.1. The SMILES string of the molecule is CC(C)(C)OC(=O)CCc1cc(I)c(O)c(I)c1. The molecule has 0 atom stereocenters. The summed E-state index contributed by atoms with van der Waals surface area (Å²) in [5.74, 6) is 0.109. The summed E-state index contributed by atoms with van der Waals surface area (Å²) in [6.45, 7) is 5.58. The van der Waals surface area contributed by atoms with Gasteiger partial charge in [0.25, 0.3) is 0 Å². The number of phenols is 1. The lowest BCUT2D eigenvalue weighted by molar-refractivity contribution is -0.154. The van der Waals surface area contributed by atoms with Crippen LogP contribution in [0.1, 0.15) is 32.8 Å². The van der Waals surface area contributed by atoms with E-state index in [0.717, 1.165) is 12.7 Å². The van der Waals surface area contributed by atoms with E-state index in [0.29, 0.717) is 18.6 Å². The van der Waals surface area contributed by atoms with Crippen molar-refractivity contribution in [2.75, 3.05) is 0 Å². The number of benzene rings is 1. The van der Waals surface area contributed by atoms with E-state index in [2.05, 4.69) is 45.2 Å². The minimum absolute atomic E-state index is 0.194. The Morgan fingerprint density at radius 3 is 2.22 bits per heavy atom. The summed E-state index contributed by atoms with van der Waals surface area (Å²) >= 11 is 4.17. The first kappa shape index (κ1) is 16.0. The summed E-state index contributed by atoms with van der Waals surface area (Å²) in [6.07, 6.45) is 0.982. The first-order valence-corrected chi connectivity index (χ1v) is 7.73. The molecule has 0 aliphatic heterocycles. The number of esters is 1. The van der Waals surface area contributed by atoms with Gasteiger partial charge in [0.2, 0.25) is 0 Å². The molecule has 1 N–H and O–H groups in total. The number of hydrogen-bond donors (Lipinski definition) is 1. The maximum atomic E-state index is 11.6. The molecule has 0 aliphatic carbocycles. The molecule has 1 rings (SSSR count). The third-order valence-electron chi connectivity index (χ3n) is 2.11. The highest BCUT2D eigenvalue weighted by Gasteiger charge is 2.16. The van der Waals surface area contributed by atoms with Crippen molar-refractivity contribution in [2.24, 2.45) is 0 Å². The maximum absolute atomic E-state index is 11.6. The van der Waals surface area contributed by atoms with Gasteiger partial charge in [0, 0.05) is 6.42 Å². The Morgan fingerprint density at radius 1 is 1.28 bits per heavy atom. The van der Waals surface area contributed by atoms with Crippen molar-refractivity contribution in [3.8, 4) is 5.75 Å². The van der Waals surface area contributed by atoms with Gasteiger partial charge in [0.1, 0.15) is 11.4 Å². The minimum atomic E-state index is -0.436. The van der Waals surface area contributed by atoms with Crippen LogP contribution in [0.3, 0.4) is 0 Å². The van der Waals surface area contributed by atoms with Crippen molar-refractivity contribution in [1.29, 1.82) is 0 Å². The molecule has 0 fully saturated rings. The fraction of sp³-hybridized carbons (Fsp3) is 0.462. The highest BCUT2D eigenvalue weighted by Crippen LogP contribution is 2.27. The van der Waals surface area contributed by atoms with E-state index in [4.69, 9.17) is 4.74 Å². The molecule has 1 aromatic carbocycles. The monoisotopic (exact) mass is 474 g/mol. The van der Waals surface area contributed by atoms with Crippen molar-refractivity contribution in [2.45, 2.75) is 39.2 Å². The molecule has 0 aromatic heterocycles. The number of carbonyl (C=O) groups is 1. The molecule has 18 heavy (non-hydrogen) atoms. The van der Waals surface area contributed by atoms with Gasteiger partial charge in [-0.3, -0.25) is 4.79 Å². The van der Waals surface area contributed by atoms with Crippen LogP contribution in [-0.4, -0.2) is 16.7 Å². The van der Waals surface area contributed by atoms with Crippen molar-refractivity contribution in [1.82, 2.24) is 0 Å². The van der Waals surface area contributed by atoms with Crippen LogP contribution >= 0.6 is 45.2 Å². The van der Waals surface area contributed by atoms with Gasteiger partial charge in [0.05, 0.1) is 7.14 Å². The molecule has 0 spiro atoms. The first-order chi connectivity index (χ1) is 8.19. The molecule has 0 amide bonds. The number of carbonyl (C=O) groups excluding carboxylic acids is 1. The Hall–Kier alpha value is -0.0500. The molecular weight excluding hydrogens is 458 g/mol. The largest absolute Gasteiger partial charge is 0.506 e. The second-order valence-corrected chi connectivity index (χ2v) is 7.32. The molecular formula is C13H16I2O3. The third-order valence-corrected chi connectivity index (χ3v) is 3.76. The Bertz CT molecular complexity index is 427. The lowest BCUT2D eigenvalue weighted by Gasteiger charge is -2.19. The van der Waals surface area contributed by atoms with E-state index >= 15 is 0 Å². The molecule has 0 aliphatic rings. The normalized spacial score (nSPS) is 11.4. The second kappa shape index (κ2) is 6.40. The maximum Gasteiger partial charge on any atom is 0.306 e. The average Bonchev–Trinajstić information content (AvgIpc) is 2.20. The number of aryl methyl sites for hydroxylation is 1. The first-order valence-electron chi connectivity index (χ1n) is 5.58. The molecule has 0 saturated carbocycles. The molecule has 1 aromatic rings. The van der Waals surface area contributed by atoms with Gasteiger partial charge >= 0.3 is 5.97 Å². The van der Waals surface area contributed by atoms with Gasteiger partial charge in [0.15, 0.2) is 0 Å². The topological polar surface area (TPSA) is 46.5 Å². The van der Waals surface area contributed by atoms with Crippen LogP contribution in [0.25, 0.3) is 0 Å². The number of ether oxygens (including phenoxy) is 1. The average molecular weight is 474 g/mol. The predicted octanol–water partition coefficient (Wildman–Crippen LogP) is 3.88. The van der Waals surface area contributed by atoms with Crippen LogP contribution in [-0.2, 0) is 16.0 Å². The number of phenolic OH excluding ortho intramolecular Hbond substituents is 1. The number of aromatic hydroxyl groups is 1. The minimum Gasteiger partial charge on any atom is -0.506 e. The summed E-state index contributed by atoms with van der Waals surface area (Å²) < 4.78 is 6.86. The van der Waals surface area contributed by atoms with Gasteiger partial charge in [-0.05, 0) is 90.1 Å². The Balaban J connectivity index is 2.62. The van der Waals surface area contributed by atoms with E-state index in [-0.39, 0.29) is 5.97 Å². The molecule has 100 valence electrons. The number of hydrogen-bond acceptors (Lipinski definition) is 3. The van der Waals surface area contributed by atoms with Crippen molar-refractivity contribution >= 4 is 51.2 Å². The molecule has 0 heterocycles. The van der Waals surface area contributed by atoms with Crippen LogP contribution in [0.5, 0.6) is 5.75 Å². The van der Waals surface area contributed by atoms with Gasteiger partial charge in [-0.1, -0.05) is 0 Å². The summed E-state index contributed by atoms with van der Waals surface area (Å²) in [5, 5.41) is 9.65. The quantitative estimate of drug-likeness (QED) is 0.535. The van der Waals surface area contributed by atoms with Gasteiger partial charge in [-0.25, -0.2) is 0 Å². The summed E-state index contributed by atoms with van der Waals surface area (Å²) in [5.41, 5.74) is 0.599. The van der Waals surface area contributed by atoms with E-state index < -0.39 is 5.60 Å². The third kappa shape index (κ3) is 5.29. The zero-order chi connectivity index (χ0) is 13.9. The van der Waals surface area contributed by atoms with Crippen LogP contribution in [0.4, 0.5) is 0 Å². The Morgan fingerprint density at radius 2 is 1.78 bits per heavy atom. The fourth-order valence-electron chi connectivity index (χ4n) is 1.40. The predicted molar refractivity (Wildman–Crippen MR) is 87.7 cm³/mol. The molecule has 3 nitrogen and oxygen atoms in total. The highest BCUT2D eigenvalue weighted by atomic mass is 127. The van der Waals surface area contributed by atoms with E-state index in [9.17, 15) is 9.90 Å². The van der Waals surface area contributed by atoms with Gasteiger partial charge in [-0.2, -0.15) is 0 Å². The van der Waals surface area contributed by atoms with E-state index in [1.807, 2.05) is 32.9 Å². The second-order valence-electron chi connectivity index (χ2n) is 4.99. The van der Waals surface area contributed by atoms with Crippen molar-refractivity contribution in [3.63, 3.8) is 0 Å².